The van der Waals surface area contributed by atoms with E-state index >= 15 is 0 Å². The third-order valence-electron chi connectivity index (χ3n) is 5.38. The Bertz CT molecular complexity index is 537. The first-order valence-electron chi connectivity index (χ1n) is 9.24. The lowest BCUT2D eigenvalue weighted by Crippen LogP contribution is -2.45. The van der Waals surface area contributed by atoms with Crippen LogP contribution in [0.15, 0.2) is 24.3 Å². The van der Waals surface area contributed by atoms with Crippen LogP contribution in [0, 0.1) is 5.92 Å². The van der Waals surface area contributed by atoms with Crippen LogP contribution < -0.4 is 11.1 Å². The van der Waals surface area contributed by atoms with Gasteiger partial charge in [0.05, 0.1) is 0 Å². The van der Waals surface area contributed by atoms with E-state index < -0.39 is 0 Å². The maximum atomic E-state index is 12.2. The summed E-state index contributed by atoms with van der Waals surface area (Å²) in [5.74, 6) is 0.195. The Labute approximate surface area is 145 Å². The zero-order valence-corrected chi connectivity index (χ0v) is 14.7. The number of nitrogens with zero attached hydrogens (tertiary/aromatic N) is 2. The van der Waals surface area contributed by atoms with Crippen molar-refractivity contribution in [3.8, 4) is 0 Å². The van der Waals surface area contributed by atoms with E-state index in [4.69, 9.17) is 5.73 Å². The summed E-state index contributed by atoms with van der Waals surface area (Å²) in [5.41, 5.74) is 8.09. The van der Waals surface area contributed by atoms with E-state index in [0.717, 1.165) is 64.2 Å². The monoisotopic (exact) mass is 330 g/mol. The fourth-order valence-corrected chi connectivity index (χ4v) is 3.71. The number of benzene rings is 1. The lowest BCUT2D eigenvalue weighted by Gasteiger charge is -2.34. The number of carbonyl (C=O) groups excluding carboxylic acids is 1. The molecule has 0 radical (unpaired) electrons. The van der Waals surface area contributed by atoms with E-state index in [9.17, 15) is 4.79 Å². The molecule has 0 bridgehead atoms. The summed E-state index contributed by atoms with van der Waals surface area (Å²) in [6.07, 6.45) is 2.69. The van der Waals surface area contributed by atoms with E-state index in [1.165, 1.54) is 5.56 Å². The molecule has 1 aromatic carbocycles. The molecule has 5 heteroatoms. The van der Waals surface area contributed by atoms with Gasteiger partial charge in [0.15, 0.2) is 0 Å². The second kappa shape index (κ2) is 8.10. The van der Waals surface area contributed by atoms with Gasteiger partial charge >= 0.3 is 0 Å². The van der Waals surface area contributed by atoms with Crippen LogP contribution in [-0.2, 0) is 11.3 Å². The van der Waals surface area contributed by atoms with Crippen molar-refractivity contribution in [3.05, 3.63) is 29.8 Å². The standard InChI is InChI=1S/C19H30N4O/c1-2-22-9-11-23(12-10-22)14-15-3-7-18(8-4-15)21-19(24)16-5-6-17(20)13-16/h3-4,7-8,16-17H,2,5-6,9-14,20H2,1H3,(H,21,24). The van der Waals surface area contributed by atoms with Gasteiger partial charge in [-0.1, -0.05) is 19.1 Å². The number of rotatable bonds is 5. The number of likely N-dealkylation sites (N-methyl/N-ethyl adjacent to an activating group) is 1. The van der Waals surface area contributed by atoms with Crippen LogP contribution >= 0.6 is 0 Å². The predicted molar refractivity (Wildman–Crippen MR) is 97.8 cm³/mol. The molecule has 3 rings (SSSR count). The Morgan fingerprint density at radius 2 is 1.79 bits per heavy atom. The molecule has 1 aliphatic carbocycles. The lowest BCUT2D eigenvalue weighted by molar-refractivity contribution is -0.119. The number of hydrogen-bond acceptors (Lipinski definition) is 4. The Hall–Kier alpha value is -1.43. The van der Waals surface area contributed by atoms with E-state index in [0.29, 0.717) is 0 Å². The van der Waals surface area contributed by atoms with Crippen molar-refractivity contribution in [2.24, 2.45) is 11.7 Å². The summed E-state index contributed by atoms with van der Waals surface area (Å²) >= 11 is 0. The van der Waals surface area contributed by atoms with Gasteiger partial charge in [-0.05, 0) is 43.5 Å². The molecule has 0 aromatic heterocycles. The van der Waals surface area contributed by atoms with Crippen LogP contribution in [0.25, 0.3) is 0 Å². The smallest absolute Gasteiger partial charge is 0.227 e. The molecule has 1 saturated carbocycles. The van der Waals surface area contributed by atoms with Crippen molar-refractivity contribution >= 4 is 11.6 Å². The van der Waals surface area contributed by atoms with E-state index in [2.05, 4.69) is 34.2 Å². The van der Waals surface area contributed by atoms with Gasteiger partial charge in [-0.15, -0.1) is 0 Å². The molecule has 132 valence electrons. The average Bonchev–Trinajstić information content (AvgIpc) is 3.04. The highest BCUT2D eigenvalue weighted by molar-refractivity contribution is 5.92. The average molecular weight is 330 g/mol. The topological polar surface area (TPSA) is 61.6 Å². The van der Waals surface area contributed by atoms with Crippen molar-refractivity contribution in [2.75, 3.05) is 38.0 Å². The number of hydrogen-bond donors (Lipinski definition) is 2. The molecule has 5 nitrogen and oxygen atoms in total. The molecule has 2 aliphatic rings. The summed E-state index contributed by atoms with van der Waals surface area (Å²) in [7, 11) is 0. The quantitative estimate of drug-likeness (QED) is 0.865. The molecule has 0 spiro atoms. The minimum Gasteiger partial charge on any atom is -0.328 e. The fourth-order valence-electron chi connectivity index (χ4n) is 3.71. The highest BCUT2D eigenvalue weighted by atomic mass is 16.1. The van der Waals surface area contributed by atoms with Crippen LogP contribution in [0.1, 0.15) is 31.7 Å². The van der Waals surface area contributed by atoms with Gasteiger partial charge in [0, 0.05) is 50.4 Å². The van der Waals surface area contributed by atoms with Crippen LogP contribution in [-0.4, -0.2) is 54.5 Å². The maximum Gasteiger partial charge on any atom is 0.227 e. The summed E-state index contributed by atoms with van der Waals surface area (Å²) in [6.45, 7) is 8.95. The molecule has 1 amide bonds. The van der Waals surface area contributed by atoms with Crippen molar-refractivity contribution in [3.63, 3.8) is 0 Å². The van der Waals surface area contributed by atoms with Gasteiger partial charge in [-0.25, -0.2) is 0 Å². The van der Waals surface area contributed by atoms with E-state index in [1.54, 1.807) is 0 Å². The molecular formula is C19H30N4O. The van der Waals surface area contributed by atoms with Gasteiger partial charge in [0.25, 0.3) is 0 Å². The Morgan fingerprint density at radius 3 is 2.38 bits per heavy atom. The van der Waals surface area contributed by atoms with Crippen molar-refractivity contribution in [2.45, 2.75) is 38.8 Å². The van der Waals surface area contributed by atoms with Gasteiger partial charge in [0.1, 0.15) is 0 Å². The molecule has 3 N–H and O–H groups in total. The Balaban J connectivity index is 1.48. The predicted octanol–water partition coefficient (Wildman–Crippen LogP) is 1.89. The van der Waals surface area contributed by atoms with Crippen LogP contribution in [0.3, 0.4) is 0 Å². The lowest BCUT2D eigenvalue weighted by atomic mass is 10.1. The van der Waals surface area contributed by atoms with Crippen molar-refractivity contribution in [1.82, 2.24) is 9.80 Å². The minimum atomic E-state index is 0.0783. The summed E-state index contributed by atoms with van der Waals surface area (Å²) in [6, 6.07) is 8.48. The molecule has 2 atom stereocenters. The number of amides is 1. The number of piperazine rings is 1. The number of carbonyl (C=O) groups is 1. The van der Waals surface area contributed by atoms with Crippen LogP contribution in [0.4, 0.5) is 5.69 Å². The second-order valence-electron chi connectivity index (χ2n) is 7.17. The minimum absolute atomic E-state index is 0.0783. The molecule has 1 aliphatic heterocycles. The summed E-state index contributed by atoms with van der Waals surface area (Å²) in [5, 5.41) is 3.03. The zero-order chi connectivity index (χ0) is 16.9. The van der Waals surface area contributed by atoms with E-state index in [1.807, 2.05) is 12.1 Å². The van der Waals surface area contributed by atoms with Gasteiger partial charge in [-0.2, -0.15) is 0 Å². The molecule has 2 fully saturated rings. The fraction of sp³-hybridized carbons (Fsp3) is 0.632. The molecule has 24 heavy (non-hydrogen) atoms. The Kier molecular flexibility index (Phi) is 5.87. The largest absolute Gasteiger partial charge is 0.328 e. The first kappa shape index (κ1) is 17.4. The normalized spacial score (nSPS) is 25.8. The molecule has 1 saturated heterocycles. The van der Waals surface area contributed by atoms with Crippen LogP contribution in [0.2, 0.25) is 0 Å². The second-order valence-corrected chi connectivity index (χ2v) is 7.17. The number of anilines is 1. The highest BCUT2D eigenvalue weighted by Gasteiger charge is 2.27. The van der Waals surface area contributed by atoms with Crippen molar-refractivity contribution < 1.29 is 4.79 Å². The first-order chi connectivity index (χ1) is 11.6. The highest BCUT2D eigenvalue weighted by Crippen LogP contribution is 2.25. The molecule has 1 heterocycles. The SMILES string of the molecule is CCN1CCN(Cc2ccc(NC(=O)C3CCC(N)C3)cc2)CC1. The van der Waals surface area contributed by atoms with Gasteiger partial charge in [-0.3, -0.25) is 9.69 Å². The zero-order valence-electron chi connectivity index (χ0n) is 14.7. The van der Waals surface area contributed by atoms with Gasteiger partial charge < -0.3 is 16.0 Å². The maximum absolute atomic E-state index is 12.2. The van der Waals surface area contributed by atoms with E-state index in [-0.39, 0.29) is 17.9 Å². The third-order valence-corrected chi connectivity index (χ3v) is 5.38. The number of nitrogens with one attached hydrogen (secondary N) is 1. The van der Waals surface area contributed by atoms with Crippen molar-refractivity contribution in [1.29, 1.82) is 0 Å². The molecule has 2 unspecified atom stereocenters. The molecular weight excluding hydrogens is 300 g/mol. The number of nitrogens with two attached hydrogens (primary N) is 1. The first-order valence-corrected chi connectivity index (χ1v) is 9.24. The van der Waals surface area contributed by atoms with Gasteiger partial charge in [0.2, 0.25) is 5.91 Å². The van der Waals surface area contributed by atoms with Crippen LogP contribution in [0.5, 0.6) is 0 Å². The summed E-state index contributed by atoms with van der Waals surface area (Å²) in [4.78, 5) is 17.2. The molecule has 1 aromatic rings. The third kappa shape index (κ3) is 4.56. The summed E-state index contributed by atoms with van der Waals surface area (Å²) < 4.78 is 0. The Morgan fingerprint density at radius 1 is 1.12 bits per heavy atom.